The van der Waals surface area contributed by atoms with Gasteiger partial charge in [0.15, 0.2) is 11.5 Å². The first-order chi connectivity index (χ1) is 13.1. The van der Waals surface area contributed by atoms with E-state index in [1.165, 1.54) is 12.7 Å². The van der Waals surface area contributed by atoms with Crippen molar-refractivity contribution in [2.24, 2.45) is 0 Å². The number of aryl methyl sites for hydroxylation is 1. The Bertz CT molecular complexity index is 944. The smallest absolute Gasteiger partial charge is 0.337 e. The Kier molecular flexibility index (Phi) is 4.72. The first-order valence-electron chi connectivity index (χ1n) is 8.96. The lowest BCUT2D eigenvalue weighted by atomic mass is 10.1. The normalized spacial score (nSPS) is 15.3. The fourth-order valence-electron chi connectivity index (χ4n) is 3.35. The zero-order chi connectivity index (χ0) is 18.8. The van der Waals surface area contributed by atoms with E-state index in [1.807, 2.05) is 43.5 Å². The van der Waals surface area contributed by atoms with Gasteiger partial charge in [0.05, 0.1) is 24.6 Å². The molecule has 0 bridgehead atoms. The number of carbonyl (C=O) groups excluding carboxylic acids is 1. The van der Waals surface area contributed by atoms with E-state index in [9.17, 15) is 4.79 Å². The molecule has 0 unspecified atom stereocenters. The van der Waals surface area contributed by atoms with Crippen molar-refractivity contribution in [1.82, 2.24) is 24.7 Å². The number of nitrogens with zero attached hydrogens (tertiary/aromatic N) is 6. The molecular formula is C19H22N6O2. The van der Waals surface area contributed by atoms with Crippen LogP contribution in [0.25, 0.3) is 5.65 Å². The standard InChI is InChI=1S/C19H22N6O2/c1-14-21-22-18-11-17(12-20-25(14)18)24-9-7-23(8-10-24)13-15-3-5-16(6-4-15)19(26)27-2/h3-6,11-12H,7-10,13H2,1-2H3. The first kappa shape index (κ1) is 17.4. The lowest BCUT2D eigenvalue weighted by Crippen LogP contribution is -2.46. The molecule has 1 aromatic carbocycles. The summed E-state index contributed by atoms with van der Waals surface area (Å²) in [6, 6.07) is 9.65. The Hall–Kier alpha value is -3.00. The number of esters is 1. The summed E-state index contributed by atoms with van der Waals surface area (Å²) in [4.78, 5) is 16.3. The van der Waals surface area contributed by atoms with Crippen molar-refractivity contribution in [3.63, 3.8) is 0 Å². The van der Waals surface area contributed by atoms with Gasteiger partial charge in [0, 0.05) is 38.8 Å². The van der Waals surface area contributed by atoms with Crippen LogP contribution in [0.1, 0.15) is 21.7 Å². The van der Waals surface area contributed by atoms with Crippen LogP contribution >= 0.6 is 0 Å². The summed E-state index contributed by atoms with van der Waals surface area (Å²) in [5.41, 5.74) is 3.63. The van der Waals surface area contributed by atoms with Gasteiger partial charge in [-0.1, -0.05) is 12.1 Å². The van der Waals surface area contributed by atoms with Crippen LogP contribution in [0, 0.1) is 6.92 Å². The fraction of sp³-hybridized carbons (Fsp3) is 0.368. The SMILES string of the molecule is COC(=O)c1ccc(CN2CCN(c3cnn4c(C)nnc4c3)CC2)cc1. The maximum Gasteiger partial charge on any atom is 0.337 e. The number of hydrogen-bond acceptors (Lipinski definition) is 7. The number of benzene rings is 1. The second-order valence-corrected chi connectivity index (χ2v) is 6.68. The predicted octanol–water partition coefficient (Wildman–Crippen LogP) is 1.54. The number of anilines is 1. The number of rotatable bonds is 4. The minimum Gasteiger partial charge on any atom is -0.465 e. The van der Waals surface area contributed by atoms with E-state index >= 15 is 0 Å². The van der Waals surface area contributed by atoms with Gasteiger partial charge < -0.3 is 9.64 Å². The lowest BCUT2D eigenvalue weighted by Gasteiger charge is -2.35. The molecule has 0 N–H and O–H groups in total. The van der Waals surface area contributed by atoms with E-state index in [0.717, 1.165) is 49.9 Å². The number of methoxy groups -OCH3 is 1. The highest BCUT2D eigenvalue weighted by Gasteiger charge is 2.18. The maximum atomic E-state index is 11.5. The molecule has 27 heavy (non-hydrogen) atoms. The van der Waals surface area contributed by atoms with Gasteiger partial charge in [-0.3, -0.25) is 4.90 Å². The first-order valence-corrected chi connectivity index (χ1v) is 8.96. The van der Waals surface area contributed by atoms with Crippen LogP contribution in [-0.4, -0.2) is 64.0 Å². The van der Waals surface area contributed by atoms with Gasteiger partial charge in [0.2, 0.25) is 0 Å². The number of fused-ring (bicyclic) bond motifs is 1. The van der Waals surface area contributed by atoms with Crippen molar-refractivity contribution in [2.45, 2.75) is 13.5 Å². The Morgan fingerprint density at radius 3 is 2.56 bits per heavy atom. The summed E-state index contributed by atoms with van der Waals surface area (Å²) in [6.45, 7) is 6.57. The molecule has 2 aromatic heterocycles. The molecule has 0 amide bonds. The summed E-state index contributed by atoms with van der Waals surface area (Å²) in [6.07, 6.45) is 1.88. The number of carbonyl (C=O) groups is 1. The van der Waals surface area contributed by atoms with E-state index in [0.29, 0.717) is 5.56 Å². The third kappa shape index (κ3) is 3.61. The van der Waals surface area contributed by atoms with Crippen LogP contribution in [0.4, 0.5) is 5.69 Å². The third-order valence-corrected chi connectivity index (χ3v) is 4.92. The molecule has 8 nitrogen and oxygen atoms in total. The number of hydrogen-bond donors (Lipinski definition) is 0. The summed E-state index contributed by atoms with van der Waals surface area (Å²) in [5, 5.41) is 12.6. The van der Waals surface area contributed by atoms with Crippen LogP contribution in [0.3, 0.4) is 0 Å². The molecular weight excluding hydrogens is 344 g/mol. The monoisotopic (exact) mass is 366 g/mol. The van der Waals surface area contributed by atoms with Gasteiger partial charge in [-0.05, 0) is 24.6 Å². The van der Waals surface area contributed by atoms with Gasteiger partial charge >= 0.3 is 5.97 Å². The van der Waals surface area contributed by atoms with Crippen molar-refractivity contribution in [1.29, 1.82) is 0 Å². The summed E-state index contributed by atoms with van der Waals surface area (Å²) >= 11 is 0. The second-order valence-electron chi connectivity index (χ2n) is 6.68. The molecule has 140 valence electrons. The van der Waals surface area contributed by atoms with Crippen molar-refractivity contribution >= 4 is 17.3 Å². The highest BCUT2D eigenvalue weighted by Crippen LogP contribution is 2.18. The maximum absolute atomic E-state index is 11.5. The predicted molar refractivity (Wildman–Crippen MR) is 101 cm³/mol. The van der Waals surface area contributed by atoms with E-state index in [2.05, 4.69) is 25.1 Å². The van der Waals surface area contributed by atoms with E-state index < -0.39 is 0 Å². The van der Waals surface area contributed by atoms with Crippen LogP contribution in [0.15, 0.2) is 36.5 Å². The third-order valence-electron chi connectivity index (χ3n) is 4.92. The molecule has 1 aliphatic rings. The highest BCUT2D eigenvalue weighted by molar-refractivity contribution is 5.89. The van der Waals surface area contributed by atoms with Crippen LogP contribution < -0.4 is 4.90 Å². The van der Waals surface area contributed by atoms with E-state index in [-0.39, 0.29) is 5.97 Å². The largest absolute Gasteiger partial charge is 0.465 e. The average molecular weight is 366 g/mol. The van der Waals surface area contributed by atoms with Crippen LogP contribution in [0.5, 0.6) is 0 Å². The quantitative estimate of drug-likeness (QED) is 0.648. The zero-order valence-electron chi connectivity index (χ0n) is 15.5. The zero-order valence-corrected chi connectivity index (χ0v) is 15.5. The minimum absolute atomic E-state index is 0.302. The van der Waals surface area contributed by atoms with Crippen molar-refractivity contribution < 1.29 is 9.53 Å². The highest BCUT2D eigenvalue weighted by atomic mass is 16.5. The fourth-order valence-corrected chi connectivity index (χ4v) is 3.35. The van der Waals surface area contributed by atoms with Crippen LogP contribution in [-0.2, 0) is 11.3 Å². The average Bonchev–Trinajstić information content (AvgIpc) is 3.09. The molecule has 4 rings (SSSR count). The molecule has 0 spiro atoms. The Balaban J connectivity index is 1.36. The molecule has 1 saturated heterocycles. The molecule has 1 fully saturated rings. The second kappa shape index (κ2) is 7.32. The minimum atomic E-state index is -0.302. The molecule has 3 heterocycles. The molecule has 8 heteroatoms. The van der Waals surface area contributed by atoms with E-state index in [4.69, 9.17) is 4.74 Å². The Morgan fingerprint density at radius 2 is 1.85 bits per heavy atom. The van der Waals surface area contributed by atoms with Gasteiger partial charge in [-0.25, -0.2) is 4.79 Å². The van der Waals surface area contributed by atoms with Crippen molar-refractivity contribution in [3.8, 4) is 0 Å². The van der Waals surface area contributed by atoms with Crippen molar-refractivity contribution in [3.05, 3.63) is 53.5 Å². The van der Waals surface area contributed by atoms with Gasteiger partial charge in [-0.15, -0.1) is 10.2 Å². The Labute approximate surface area is 157 Å². The number of ether oxygens (including phenoxy) is 1. The molecule has 1 aliphatic heterocycles. The molecule has 3 aromatic rings. The summed E-state index contributed by atoms with van der Waals surface area (Å²) in [7, 11) is 1.40. The van der Waals surface area contributed by atoms with Gasteiger partial charge in [0.1, 0.15) is 0 Å². The Morgan fingerprint density at radius 1 is 1.11 bits per heavy atom. The van der Waals surface area contributed by atoms with E-state index in [1.54, 1.807) is 4.52 Å². The lowest BCUT2D eigenvalue weighted by molar-refractivity contribution is 0.0600. The number of piperazine rings is 1. The van der Waals surface area contributed by atoms with Gasteiger partial charge in [-0.2, -0.15) is 9.61 Å². The number of aromatic nitrogens is 4. The van der Waals surface area contributed by atoms with Crippen molar-refractivity contribution in [2.75, 3.05) is 38.2 Å². The van der Waals surface area contributed by atoms with Crippen LogP contribution in [0.2, 0.25) is 0 Å². The molecule has 0 atom stereocenters. The summed E-state index contributed by atoms with van der Waals surface area (Å²) < 4.78 is 6.49. The summed E-state index contributed by atoms with van der Waals surface area (Å²) in [5.74, 6) is 0.489. The molecule has 0 aliphatic carbocycles. The molecule has 0 saturated carbocycles. The topological polar surface area (TPSA) is 75.9 Å². The van der Waals surface area contributed by atoms with Gasteiger partial charge in [0.25, 0.3) is 0 Å². The molecule has 0 radical (unpaired) electrons.